The van der Waals surface area contributed by atoms with Crippen molar-refractivity contribution < 1.29 is 19.4 Å². The van der Waals surface area contributed by atoms with Crippen molar-refractivity contribution in [1.82, 2.24) is 5.32 Å². The lowest BCUT2D eigenvalue weighted by Gasteiger charge is -2.33. The zero-order valence-electron chi connectivity index (χ0n) is 13.9. The van der Waals surface area contributed by atoms with Gasteiger partial charge in [0.2, 0.25) is 0 Å². The van der Waals surface area contributed by atoms with E-state index in [2.05, 4.69) is 5.32 Å². The minimum atomic E-state index is -0.938. The average Bonchev–Trinajstić information content (AvgIpc) is 2.38. The molecule has 0 aliphatic carbocycles. The van der Waals surface area contributed by atoms with E-state index in [1.165, 1.54) is 0 Å². The third-order valence-corrected chi connectivity index (χ3v) is 3.92. The van der Waals surface area contributed by atoms with Crippen LogP contribution in [0.15, 0.2) is 18.2 Å². The van der Waals surface area contributed by atoms with Crippen molar-refractivity contribution in [2.24, 2.45) is 5.92 Å². The number of hydrogen-bond acceptors (Lipinski definition) is 3. The second-order valence-corrected chi connectivity index (χ2v) is 6.25. The van der Waals surface area contributed by atoms with Gasteiger partial charge < -0.3 is 15.2 Å². The summed E-state index contributed by atoms with van der Waals surface area (Å²) in [6.07, 6.45) is -0.125. The molecule has 0 aliphatic rings. The molecular weight excluding hydrogens is 282 g/mol. The highest BCUT2D eigenvalue weighted by molar-refractivity contribution is 5.79. The van der Waals surface area contributed by atoms with E-state index in [1.807, 2.05) is 45.9 Å². The van der Waals surface area contributed by atoms with Crippen molar-refractivity contribution in [2.45, 2.75) is 46.6 Å². The van der Waals surface area contributed by atoms with Crippen LogP contribution < -0.4 is 10.1 Å². The molecule has 0 spiro atoms. The van der Waals surface area contributed by atoms with Crippen molar-refractivity contribution in [1.29, 1.82) is 0 Å². The standard InChI is InChI=1S/C17H25NO4/c1-11(2)17(5,9-16(20)21)18-15(19)10-22-14-8-12(3)6-7-13(14)4/h6-8,11H,9-10H2,1-5H3,(H,18,19)(H,20,21). The monoisotopic (exact) mass is 307 g/mol. The van der Waals surface area contributed by atoms with E-state index in [9.17, 15) is 9.59 Å². The molecule has 1 aromatic rings. The molecule has 1 rings (SSSR count). The average molecular weight is 307 g/mol. The molecule has 122 valence electrons. The Morgan fingerprint density at radius 2 is 1.95 bits per heavy atom. The van der Waals surface area contributed by atoms with E-state index in [0.717, 1.165) is 11.1 Å². The molecule has 5 heteroatoms. The summed E-state index contributed by atoms with van der Waals surface area (Å²) in [5.41, 5.74) is 1.21. The normalized spacial score (nSPS) is 13.5. The molecule has 0 aromatic heterocycles. The molecule has 22 heavy (non-hydrogen) atoms. The minimum Gasteiger partial charge on any atom is -0.483 e. The number of aliphatic carboxylic acids is 1. The molecule has 1 aromatic carbocycles. The van der Waals surface area contributed by atoms with Gasteiger partial charge in [-0.1, -0.05) is 26.0 Å². The van der Waals surface area contributed by atoms with Gasteiger partial charge in [-0.2, -0.15) is 0 Å². The van der Waals surface area contributed by atoms with Gasteiger partial charge >= 0.3 is 5.97 Å². The zero-order chi connectivity index (χ0) is 16.9. The first-order valence-corrected chi connectivity index (χ1v) is 7.37. The Labute approximate surface area is 131 Å². The maximum Gasteiger partial charge on any atom is 0.305 e. The molecule has 0 bridgehead atoms. The fourth-order valence-corrected chi connectivity index (χ4v) is 2.07. The van der Waals surface area contributed by atoms with Gasteiger partial charge in [0.15, 0.2) is 6.61 Å². The summed E-state index contributed by atoms with van der Waals surface area (Å²) in [6, 6.07) is 5.79. The van der Waals surface area contributed by atoms with Gasteiger partial charge in [-0.15, -0.1) is 0 Å². The lowest BCUT2D eigenvalue weighted by atomic mass is 9.85. The lowest BCUT2D eigenvalue weighted by molar-refractivity contribution is -0.139. The van der Waals surface area contributed by atoms with Gasteiger partial charge in [-0.3, -0.25) is 9.59 Å². The number of benzene rings is 1. The molecule has 0 fully saturated rings. The van der Waals surface area contributed by atoms with Crippen molar-refractivity contribution in [2.75, 3.05) is 6.61 Å². The SMILES string of the molecule is Cc1ccc(C)c(OCC(=O)NC(C)(CC(=O)O)C(C)C)c1. The number of carbonyl (C=O) groups is 2. The Morgan fingerprint density at radius 3 is 2.50 bits per heavy atom. The zero-order valence-corrected chi connectivity index (χ0v) is 13.9. The molecule has 2 N–H and O–H groups in total. The molecular formula is C17H25NO4. The van der Waals surface area contributed by atoms with Crippen molar-refractivity contribution in [3.8, 4) is 5.75 Å². The van der Waals surface area contributed by atoms with Crippen molar-refractivity contribution in [3.05, 3.63) is 29.3 Å². The van der Waals surface area contributed by atoms with E-state index < -0.39 is 11.5 Å². The second-order valence-electron chi connectivity index (χ2n) is 6.25. The highest BCUT2D eigenvalue weighted by atomic mass is 16.5. The van der Waals surface area contributed by atoms with Crippen LogP contribution in [-0.4, -0.2) is 29.1 Å². The van der Waals surface area contributed by atoms with E-state index in [4.69, 9.17) is 9.84 Å². The molecule has 0 aliphatic heterocycles. The summed E-state index contributed by atoms with van der Waals surface area (Å²) in [7, 11) is 0. The Kier molecular flexibility index (Phi) is 5.97. The minimum absolute atomic E-state index is 0.00624. The van der Waals surface area contributed by atoms with Crippen LogP contribution in [0.3, 0.4) is 0 Å². The molecule has 0 radical (unpaired) electrons. The van der Waals surface area contributed by atoms with Crippen LogP contribution in [0, 0.1) is 19.8 Å². The smallest absolute Gasteiger partial charge is 0.305 e. The summed E-state index contributed by atoms with van der Waals surface area (Å²) in [6.45, 7) is 9.24. The molecule has 0 saturated heterocycles. The van der Waals surface area contributed by atoms with Crippen LogP contribution in [-0.2, 0) is 9.59 Å². The Hall–Kier alpha value is -2.04. The van der Waals surface area contributed by atoms with Gasteiger partial charge in [0.1, 0.15) is 5.75 Å². The summed E-state index contributed by atoms with van der Waals surface area (Å²) in [5, 5.41) is 11.8. The van der Waals surface area contributed by atoms with E-state index in [0.29, 0.717) is 5.75 Å². The summed E-state index contributed by atoms with van der Waals surface area (Å²) in [4.78, 5) is 23.1. The first kappa shape index (κ1) is 18.0. The first-order valence-electron chi connectivity index (χ1n) is 7.37. The molecule has 0 heterocycles. The van der Waals surface area contributed by atoms with Crippen LogP contribution in [0.5, 0.6) is 5.75 Å². The van der Waals surface area contributed by atoms with E-state index >= 15 is 0 Å². The predicted molar refractivity (Wildman–Crippen MR) is 85.0 cm³/mol. The molecule has 0 saturated carbocycles. The largest absolute Gasteiger partial charge is 0.483 e. The number of hydrogen-bond donors (Lipinski definition) is 2. The number of aryl methyl sites for hydroxylation is 2. The molecule has 1 amide bonds. The lowest BCUT2D eigenvalue weighted by Crippen LogP contribution is -2.52. The van der Waals surface area contributed by atoms with Gasteiger partial charge in [0, 0.05) is 0 Å². The topological polar surface area (TPSA) is 75.6 Å². The first-order chi connectivity index (χ1) is 10.1. The van der Waals surface area contributed by atoms with Gasteiger partial charge in [0.25, 0.3) is 5.91 Å². The third kappa shape index (κ3) is 5.06. The van der Waals surface area contributed by atoms with Crippen LogP contribution in [0.25, 0.3) is 0 Å². The van der Waals surface area contributed by atoms with Crippen LogP contribution in [0.1, 0.15) is 38.3 Å². The number of amides is 1. The van der Waals surface area contributed by atoms with Crippen molar-refractivity contribution in [3.63, 3.8) is 0 Å². The third-order valence-electron chi connectivity index (χ3n) is 3.92. The van der Waals surface area contributed by atoms with E-state index in [-0.39, 0.29) is 24.9 Å². The highest BCUT2D eigenvalue weighted by Gasteiger charge is 2.32. The molecule has 5 nitrogen and oxygen atoms in total. The van der Waals surface area contributed by atoms with Crippen LogP contribution in [0.2, 0.25) is 0 Å². The number of ether oxygens (including phenoxy) is 1. The van der Waals surface area contributed by atoms with Gasteiger partial charge in [-0.05, 0) is 43.9 Å². The second kappa shape index (κ2) is 7.29. The fraction of sp³-hybridized carbons (Fsp3) is 0.529. The van der Waals surface area contributed by atoms with Crippen LogP contribution >= 0.6 is 0 Å². The number of nitrogens with one attached hydrogen (secondary N) is 1. The summed E-state index contributed by atoms with van der Waals surface area (Å²) < 4.78 is 5.55. The van der Waals surface area contributed by atoms with E-state index in [1.54, 1.807) is 6.92 Å². The number of rotatable bonds is 7. The van der Waals surface area contributed by atoms with Crippen LogP contribution in [0.4, 0.5) is 0 Å². The summed E-state index contributed by atoms with van der Waals surface area (Å²) in [5.74, 6) is -0.599. The summed E-state index contributed by atoms with van der Waals surface area (Å²) >= 11 is 0. The fourth-order valence-electron chi connectivity index (χ4n) is 2.07. The van der Waals surface area contributed by atoms with Gasteiger partial charge in [-0.25, -0.2) is 0 Å². The quantitative estimate of drug-likeness (QED) is 0.812. The maximum absolute atomic E-state index is 12.1. The highest BCUT2D eigenvalue weighted by Crippen LogP contribution is 2.21. The molecule has 1 atom stereocenters. The Balaban J connectivity index is 2.68. The Morgan fingerprint density at radius 1 is 1.32 bits per heavy atom. The number of carboxylic acid groups (broad SMARTS) is 1. The predicted octanol–water partition coefficient (Wildman–Crippen LogP) is 2.69. The molecule has 1 unspecified atom stereocenters. The Bertz CT molecular complexity index is 554. The number of carboxylic acids is 1. The van der Waals surface area contributed by atoms with Crippen molar-refractivity contribution >= 4 is 11.9 Å². The number of carbonyl (C=O) groups excluding carboxylic acids is 1. The van der Waals surface area contributed by atoms with Gasteiger partial charge in [0.05, 0.1) is 12.0 Å². The maximum atomic E-state index is 12.1.